The van der Waals surface area contributed by atoms with Crippen LogP contribution in [0.5, 0.6) is 0 Å². The zero-order valence-corrected chi connectivity index (χ0v) is 17.9. The van der Waals surface area contributed by atoms with Crippen molar-refractivity contribution < 1.29 is 4.79 Å². The standard InChI is InChI=1S/C22H27N7O2/c1-16(2)29(14-19-25-18-7-4-3-6-17(18)21(31)26-19)15-20(30)27-10-12-28(13-11-27)22-23-8-5-9-24-22/h3-9,16H,10-15H2,1-2H3,(H,25,26,31). The second-order valence-corrected chi connectivity index (χ2v) is 7.95. The summed E-state index contributed by atoms with van der Waals surface area (Å²) < 4.78 is 0. The molecule has 0 spiro atoms. The minimum absolute atomic E-state index is 0.0745. The summed E-state index contributed by atoms with van der Waals surface area (Å²) in [5.41, 5.74) is 0.505. The number of carbonyl (C=O) groups is 1. The molecule has 0 radical (unpaired) electrons. The lowest BCUT2D eigenvalue weighted by molar-refractivity contribution is -0.133. The number of nitrogens with one attached hydrogen (secondary N) is 1. The van der Waals surface area contributed by atoms with Crippen LogP contribution in [0.3, 0.4) is 0 Å². The summed E-state index contributed by atoms with van der Waals surface area (Å²) in [5.74, 6) is 1.34. The molecule has 0 atom stereocenters. The van der Waals surface area contributed by atoms with Crippen LogP contribution in [0.4, 0.5) is 5.95 Å². The van der Waals surface area contributed by atoms with Crippen molar-refractivity contribution in [2.24, 2.45) is 0 Å². The summed E-state index contributed by atoms with van der Waals surface area (Å²) in [5, 5.41) is 0.568. The molecular formula is C22H27N7O2. The fourth-order valence-electron chi connectivity index (χ4n) is 3.71. The van der Waals surface area contributed by atoms with Gasteiger partial charge in [0.1, 0.15) is 5.82 Å². The molecule has 1 aliphatic heterocycles. The number of nitrogens with zero attached hydrogens (tertiary/aromatic N) is 6. The van der Waals surface area contributed by atoms with Gasteiger partial charge in [0.25, 0.3) is 5.56 Å². The topological polar surface area (TPSA) is 98.3 Å². The van der Waals surface area contributed by atoms with Crippen molar-refractivity contribution in [3.05, 3.63) is 58.9 Å². The van der Waals surface area contributed by atoms with E-state index in [1.165, 1.54) is 0 Å². The first-order valence-electron chi connectivity index (χ1n) is 10.5. The Kier molecular flexibility index (Phi) is 6.22. The van der Waals surface area contributed by atoms with Gasteiger partial charge in [-0.3, -0.25) is 14.5 Å². The Hall–Kier alpha value is -3.33. The Balaban J connectivity index is 1.39. The Morgan fingerprint density at radius 1 is 1.10 bits per heavy atom. The van der Waals surface area contributed by atoms with Crippen molar-refractivity contribution in [2.45, 2.75) is 26.4 Å². The number of rotatable bonds is 6. The number of piperazine rings is 1. The van der Waals surface area contributed by atoms with Gasteiger partial charge >= 0.3 is 0 Å². The lowest BCUT2D eigenvalue weighted by atomic mass is 10.2. The second kappa shape index (κ2) is 9.22. The maximum Gasteiger partial charge on any atom is 0.258 e. The first-order valence-corrected chi connectivity index (χ1v) is 10.5. The van der Waals surface area contributed by atoms with E-state index in [2.05, 4.69) is 24.8 Å². The van der Waals surface area contributed by atoms with E-state index in [4.69, 9.17) is 0 Å². The van der Waals surface area contributed by atoms with Gasteiger partial charge in [-0.25, -0.2) is 15.0 Å². The lowest BCUT2D eigenvalue weighted by Crippen LogP contribution is -2.52. The molecule has 9 nitrogen and oxygen atoms in total. The number of carbonyl (C=O) groups excluding carboxylic acids is 1. The average molecular weight is 422 g/mol. The maximum absolute atomic E-state index is 13.0. The first kappa shape index (κ1) is 20.9. The minimum atomic E-state index is -0.158. The summed E-state index contributed by atoms with van der Waals surface area (Å²) in [6, 6.07) is 9.19. The molecule has 0 bridgehead atoms. The number of aromatic amines is 1. The molecule has 1 aromatic carbocycles. The van der Waals surface area contributed by atoms with Crippen LogP contribution in [0.2, 0.25) is 0 Å². The van der Waals surface area contributed by atoms with Crippen LogP contribution in [0.25, 0.3) is 10.9 Å². The number of H-pyrrole nitrogens is 1. The highest BCUT2D eigenvalue weighted by Gasteiger charge is 2.25. The number of hydrogen-bond acceptors (Lipinski definition) is 7. The smallest absolute Gasteiger partial charge is 0.258 e. The highest BCUT2D eigenvalue weighted by Crippen LogP contribution is 2.12. The van der Waals surface area contributed by atoms with Crippen LogP contribution >= 0.6 is 0 Å². The van der Waals surface area contributed by atoms with Gasteiger partial charge < -0.3 is 14.8 Å². The SMILES string of the molecule is CC(C)N(CC(=O)N1CCN(c2ncccn2)CC1)Cc1nc2ccccc2c(=O)[nH]1. The number of fused-ring (bicyclic) bond motifs is 1. The number of anilines is 1. The quantitative estimate of drug-likeness (QED) is 0.640. The third-order valence-corrected chi connectivity index (χ3v) is 5.55. The molecule has 1 aliphatic rings. The largest absolute Gasteiger partial charge is 0.338 e. The summed E-state index contributed by atoms with van der Waals surface area (Å²) in [7, 11) is 0. The molecule has 0 aliphatic carbocycles. The van der Waals surface area contributed by atoms with Crippen LogP contribution in [0.1, 0.15) is 19.7 Å². The van der Waals surface area contributed by atoms with E-state index < -0.39 is 0 Å². The van der Waals surface area contributed by atoms with E-state index >= 15 is 0 Å². The highest BCUT2D eigenvalue weighted by molar-refractivity contribution is 5.79. The van der Waals surface area contributed by atoms with Crippen LogP contribution < -0.4 is 10.5 Å². The Morgan fingerprint density at radius 2 is 1.81 bits per heavy atom. The number of benzene rings is 1. The number of aromatic nitrogens is 4. The van der Waals surface area contributed by atoms with Gasteiger partial charge in [-0.15, -0.1) is 0 Å². The molecule has 1 saturated heterocycles. The summed E-state index contributed by atoms with van der Waals surface area (Å²) in [6.45, 7) is 7.43. The average Bonchev–Trinajstić information content (AvgIpc) is 2.79. The van der Waals surface area contributed by atoms with Gasteiger partial charge in [0, 0.05) is 44.6 Å². The zero-order chi connectivity index (χ0) is 21.8. The molecule has 4 rings (SSSR count). The van der Waals surface area contributed by atoms with Crippen molar-refractivity contribution in [1.82, 2.24) is 29.7 Å². The van der Waals surface area contributed by atoms with Gasteiger partial charge in [0.05, 0.1) is 24.0 Å². The van der Waals surface area contributed by atoms with Gasteiger partial charge in [-0.2, -0.15) is 0 Å². The zero-order valence-electron chi connectivity index (χ0n) is 17.9. The summed E-state index contributed by atoms with van der Waals surface area (Å²) in [4.78, 5) is 47.3. The molecular weight excluding hydrogens is 394 g/mol. The van der Waals surface area contributed by atoms with E-state index in [9.17, 15) is 9.59 Å². The van der Waals surface area contributed by atoms with Crippen molar-refractivity contribution in [3.63, 3.8) is 0 Å². The van der Waals surface area contributed by atoms with Gasteiger partial charge in [0.2, 0.25) is 11.9 Å². The summed E-state index contributed by atoms with van der Waals surface area (Å²) in [6.07, 6.45) is 3.46. The van der Waals surface area contributed by atoms with E-state index in [0.29, 0.717) is 55.4 Å². The molecule has 31 heavy (non-hydrogen) atoms. The molecule has 1 N–H and O–H groups in total. The van der Waals surface area contributed by atoms with Crippen molar-refractivity contribution in [3.8, 4) is 0 Å². The van der Waals surface area contributed by atoms with Gasteiger partial charge in [-0.1, -0.05) is 12.1 Å². The monoisotopic (exact) mass is 421 g/mol. The predicted molar refractivity (Wildman–Crippen MR) is 119 cm³/mol. The maximum atomic E-state index is 13.0. The van der Waals surface area contributed by atoms with Crippen LogP contribution in [-0.2, 0) is 11.3 Å². The molecule has 0 unspecified atom stereocenters. The van der Waals surface area contributed by atoms with Crippen LogP contribution in [0.15, 0.2) is 47.5 Å². The minimum Gasteiger partial charge on any atom is -0.338 e. The lowest BCUT2D eigenvalue weighted by Gasteiger charge is -2.36. The Bertz CT molecular complexity index is 1090. The number of hydrogen-bond donors (Lipinski definition) is 1. The van der Waals surface area contributed by atoms with Gasteiger partial charge in [-0.05, 0) is 32.0 Å². The highest BCUT2D eigenvalue weighted by atomic mass is 16.2. The normalized spacial score (nSPS) is 14.6. The molecule has 1 fully saturated rings. The molecule has 162 valence electrons. The summed E-state index contributed by atoms with van der Waals surface area (Å²) >= 11 is 0. The second-order valence-electron chi connectivity index (χ2n) is 7.95. The van der Waals surface area contributed by atoms with E-state index in [-0.39, 0.29) is 24.1 Å². The Labute approximate surface area is 180 Å². The molecule has 9 heteroatoms. The first-order chi connectivity index (χ1) is 15.0. The fourth-order valence-corrected chi connectivity index (χ4v) is 3.71. The van der Waals surface area contributed by atoms with E-state index in [0.717, 1.165) is 0 Å². The fraction of sp³-hybridized carbons (Fsp3) is 0.409. The molecule has 3 aromatic rings. The van der Waals surface area contributed by atoms with Gasteiger partial charge in [0.15, 0.2) is 0 Å². The predicted octanol–water partition coefficient (Wildman–Crippen LogP) is 1.27. The molecule has 2 aromatic heterocycles. The molecule has 1 amide bonds. The molecule has 3 heterocycles. The van der Waals surface area contributed by atoms with Crippen molar-refractivity contribution >= 4 is 22.8 Å². The molecule has 0 saturated carbocycles. The van der Waals surface area contributed by atoms with Crippen molar-refractivity contribution in [1.29, 1.82) is 0 Å². The van der Waals surface area contributed by atoms with E-state index in [1.54, 1.807) is 24.5 Å². The number of para-hydroxylation sites is 1. The van der Waals surface area contributed by atoms with Crippen LogP contribution in [-0.4, -0.2) is 74.4 Å². The number of amides is 1. The van der Waals surface area contributed by atoms with Crippen molar-refractivity contribution in [2.75, 3.05) is 37.6 Å². The third kappa shape index (κ3) is 4.88. The third-order valence-electron chi connectivity index (χ3n) is 5.55. The van der Waals surface area contributed by atoms with Crippen LogP contribution in [0, 0.1) is 0 Å². The Morgan fingerprint density at radius 3 is 2.52 bits per heavy atom. The van der Waals surface area contributed by atoms with E-state index in [1.807, 2.05) is 41.8 Å².